The van der Waals surface area contributed by atoms with Crippen molar-refractivity contribution in [1.82, 2.24) is 4.98 Å². The van der Waals surface area contributed by atoms with Crippen molar-refractivity contribution >= 4 is 21.4 Å². The van der Waals surface area contributed by atoms with Gasteiger partial charge in [-0.2, -0.15) is 0 Å². The van der Waals surface area contributed by atoms with Gasteiger partial charge < -0.3 is 10.1 Å². The Hall–Kier alpha value is -1.50. The molecule has 0 bridgehead atoms. The molecule has 1 fully saturated rings. The summed E-state index contributed by atoms with van der Waals surface area (Å²) in [5, 5.41) is 2.93. The van der Waals surface area contributed by atoms with Crippen molar-refractivity contribution in [3.05, 3.63) is 12.4 Å². The van der Waals surface area contributed by atoms with Crippen LogP contribution in [0.2, 0.25) is 0 Å². The first-order valence-corrected chi connectivity index (χ1v) is 7.19. The molecule has 1 aromatic rings. The second kappa shape index (κ2) is 4.40. The van der Waals surface area contributed by atoms with Crippen LogP contribution in [0.3, 0.4) is 0 Å². The van der Waals surface area contributed by atoms with Gasteiger partial charge in [-0.25, -0.2) is 8.42 Å². The Kier molecular flexibility index (Phi) is 3.10. The molecule has 1 saturated carbocycles. The second-order valence-corrected chi connectivity index (χ2v) is 5.75. The molecule has 1 aromatic heterocycles. The first-order valence-electron chi connectivity index (χ1n) is 5.30. The van der Waals surface area contributed by atoms with E-state index in [1.165, 1.54) is 6.20 Å². The van der Waals surface area contributed by atoms with E-state index < -0.39 is 10.0 Å². The highest BCUT2D eigenvalue weighted by Crippen LogP contribution is 2.35. The lowest BCUT2D eigenvalue weighted by Crippen LogP contribution is -2.12. The summed E-state index contributed by atoms with van der Waals surface area (Å²) < 4.78 is 30.5. The molecular formula is C10H15N3O3S. The van der Waals surface area contributed by atoms with Crippen LogP contribution in [0.25, 0.3) is 0 Å². The molecule has 0 unspecified atom stereocenters. The van der Waals surface area contributed by atoms with E-state index in [4.69, 9.17) is 4.74 Å². The average Bonchev–Trinajstić information content (AvgIpc) is 2.99. The predicted octanol–water partition coefficient (Wildman–Crippen LogP) is 1.04. The number of rotatable bonds is 5. The maximum atomic E-state index is 11.2. The van der Waals surface area contributed by atoms with E-state index in [9.17, 15) is 8.42 Å². The van der Waals surface area contributed by atoms with E-state index in [1.807, 2.05) is 0 Å². The standard InChI is InChI=1S/C10H15N3O3S/c1-11-10-8(13-17(2,14)15)5-12-6-9(10)16-7-3-4-7/h5-7,13H,3-4H2,1-2H3,(H,11,12). The molecule has 1 aliphatic carbocycles. The molecule has 6 nitrogen and oxygen atoms in total. The van der Waals surface area contributed by atoms with Crippen LogP contribution < -0.4 is 14.8 Å². The third-order valence-corrected chi connectivity index (χ3v) is 2.87. The molecule has 17 heavy (non-hydrogen) atoms. The first-order chi connectivity index (χ1) is 7.99. The highest BCUT2D eigenvalue weighted by atomic mass is 32.2. The minimum Gasteiger partial charge on any atom is -0.487 e. The van der Waals surface area contributed by atoms with Crippen LogP contribution in [-0.2, 0) is 10.0 Å². The van der Waals surface area contributed by atoms with E-state index >= 15 is 0 Å². The van der Waals surface area contributed by atoms with Gasteiger partial charge in [0.25, 0.3) is 0 Å². The van der Waals surface area contributed by atoms with Crippen molar-refractivity contribution in [2.75, 3.05) is 23.3 Å². The molecule has 0 saturated heterocycles. The van der Waals surface area contributed by atoms with Crippen LogP contribution in [0.4, 0.5) is 11.4 Å². The number of pyridine rings is 1. The SMILES string of the molecule is CNc1c(NS(C)(=O)=O)cncc1OC1CC1. The van der Waals surface area contributed by atoms with Gasteiger partial charge >= 0.3 is 0 Å². The Morgan fingerprint density at radius 2 is 2.12 bits per heavy atom. The Labute approximate surface area is 100 Å². The molecule has 0 spiro atoms. The fourth-order valence-electron chi connectivity index (χ4n) is 1.43. The van der Waals surface area contributed by atoms with Crippen molar-refractivity contribution < 1.29 is 13.2 Å². The van der Waals surface area contributed by atoms with E-state index in [0.717, 1.165) is 19.1 Å². The maximum absolute atomic E-state index is 11.2. The van der Waals surface area contributed by atoms with E-state index in [0.29, 0.717) is 17.1 Å². The van der Waals surface area contributed by atoms with Gasteiger partial charge in [0, 0.05) is 7.05 Å². The van der Waals surface area contributed by atoms with Crippen LogP contribution >= 0.6 is 0 Å². The summed E-state index contributed by atoms with van der Waals surface area (Å²) in [6, 6.07) is 0. The molecule has 0 amide bonds. The van der Waals surface area contributed by atoms with Crippen LogP contribution in [-0.4, -0.2) is 32.8 Å². The zero-order valence-electron chi connectivity index (χ0n) is 9.73. The predicted molar refractivity (Wildman–Crippen MR) is 65.9 cm³/mol. The molecule has 2 N–H and O–H groups in total. The van der Waals surface area contributed by atoms with E-state index in [-0.39, 0.29) is 6.10 Å². The third-order valence-electron chi connectivity index (χ3n) is 2.27. The number of nitrogens with one attached hydrogen (secondary N) is 2. The van der Waals surface area contributed by atoms with Gasteiger partial charge in [0.05, 0.1) is 30.4 Å². The minimum absolute atomic E-state index is 0.234. The Bertz CT molecular complexity index is 512. The smallest absolute Gasteiger partial charge is 0.229 e. The molecular weight excluding hydrogens is 242 g/mol. The molecule has 0 atom stereocenters. The Morgan fingerprint density at radius 3 is 2.65 bits per heavy atom. The number of hydrogen-bond acceptors (Lipinski definition) is 5. The number of ether oxygens (including phenoxy) is 1. The van der Waals surface area contributed by atoms with Gasteiger partial charge in [0.1, 0.15) is 5.69 Å². The number of hydrogen-bond donors (Lipinski definition) is 2. The van der Waals surface area contributed by atoms with Crippen LogP contribution in [0.15, 0.2) is 12.4 Å². The topological polar surface area (TPSA) is 80.3 Å². The van der Waals surface area contributed by atoms with Gasteiger partial charge in [0.15, 0.2) is 5.75 Å². The Morgan fingerprint density at radius 1 is 1.41 bits per heavy atom. The fourth-order valence-corrected chi connectivity index (χ4v) is 1.99. The molecule has 94 valence electrons. The average molecular weight is 257 g/mol. The molecule has 2 rings (SSSR count). The van der Waals surface area contributed by atoms with Crippen LogP contribution in [0.1, 0.15) is 12.8 Å². The van der Waals surface area contributed by atoms with Gasteiger partial charge in [0.2, 0.25) is 10.0 Å². The lowest BCUT2D eigenvalue weighted by molar-refractivity contribution is 0.303. The third kappa shape index (κ3) is 3.23. The highest BCUT2D eigenvalue weighted by molar-refractivity contribution is 7.92. The van der Waals surface area contributed by atoms with Crippen molar-refractivity contribution in [3.63, 3.8) is 0 Å². The summed E-state index contributed by atoms with van der Waals surface area (Å²) in [5.74, 6) is 0.573. The second-order valence-electron chi connectivity index (χ2n) is 4.00. The number of sulfonamides is 1. The van der Waals surface area contributed by atoms with Gasteiger partial charge in [-0.3, -0.25) is 9.71 Å². The summed E-state index contributed by atoms with van der Waals surface area (Å²) in [6.07, 6.45) is 6.43. The summed E-state index contributed by atoms with van der Waals surface area (Å²) in [5.41, 5.74) is 1.01. The summed E-state index contributed by atoms with van der Waals surface area (Å²) >= 11 is 0. The van der Waals surface area contributed by atoms with Crippen molar-refractivity contribution in [1.29, 1.82) is 0 Å². The molecule has 0 aromatic carbocycles. The summed E-state index contributed by atoms with van der Waals surface area (Å²) in [7, 11) is -1.61. The number of nitrogens with zero attached hydrogens (tertiary/aromatic N) is 1. The molecule has 0 aliphatic heterocycles. The lowest BCUT2D eigenvalue weighted by Gasteiger charge is -2.14. The zero-order chi connectivity index (χ0) is 12.5. The Balaban J connectivity index is 2.30. The highest BCUT2D eigenvalue weighted by Gasteiger charge is 2.25. The van der Waals surface area contributed by atoms with E-state index in [1.54, 1.807) is 13.2 Å². The molecule has 1 heterocycles. The van der Waals surface area contributed by atoms with Crippen LogP contribution in [0.5, 0.6) is 5.75 Å². The monoisotopic (exact) mass is 257 g/mol. The lowest BCUT2D eigenvalue weighted by atomic mass is 10.3. The van der Waals surface area contributed by atoms with Gasteiger partial charge in [-0.05, 0) is 12.8 Å². The summed E-state index contributed by atoms with van der Waals surface area (Å²) in [4.78, 5) is 3.97. The number of anilines is 2. The zero-order valence-corrected chi connectivity index (χ0v) is 10.5. The van der Waals surface area contributed by atoms with E-state index in [2.05, 4.69) is 15.0 Å². The first kappa shape index (κ1) is 12.0. The number of aromatic nitrogens is 1. The molecule has 1 aliphatic rings. The largest absolute Gasteiger partial charge is 0.487 e. The van der Waals surface area contributed by atoms with Crippen molar-refractivity contribution in [2.45, 2.75) is 18.9 Å². The van der Waals surface area contributed by atoms with Gasteiger partial charge in [-0.1, -0.05) is 0 Å². The van der Waals surface area contributed by atoms with Crippen LogP contribution in [0, 0.1) is 0 Å². The molecule has 0 radical (unpaired) electrons. The van der Waals surface area contributed by atoms with Gasteiger partial charge in [-0.15, -0.1) is 0 Å². The minimum atomic E-state index is -3.32. The van der Waals surface area contributed by atoms with Crippen molar-refractivity contribution in [2.24, 2.45) is 0 Å². The quantitative estimate of drug-likeness (QED) is 0.823. The fraction of sp³-hybridized carbons (Fsp3) is 0.500. The normalized spacial score (nSPS) is 15.4. The molecule has 7 heteroatoms. The summed E-state index contributed by atoms with van der Waals surface area (Å²) in [6.45, 7) is 0. The van der Waals surface area contributed by atoms with Crippen molar-refractivity contribution in [3.8, 4) is 5.75 Å². The maximum Gasteiger partial charge on any atom is 0.229 e.